The summed E-state index contributed by atoms with van der Waals surface area (Å²) >= 11 is 0. The Morgan fingerprint density at radius 3 is 1.23 bits per heavy atom. The predicted molar refractivity (Wildman–Crippen MR) is 551 cm³/mol. The Labute approximate surface area is 815 Å². The molecule has 39 nitrogen and oxygen atoms in total. The van der Waals surface area contributed by atoms with Crippen molar-refractivity contribution in [1.29, 1.82) is 0 Å². The first-order valence-electron chi connectivity index (χ1n) is 48.4. The van der Waals surface area contributed by atoms with Gasteiger partial charge < -0.3 is 85.2 Å². The van der Waals surface area contributed by atoms with E-state index < -0.39 is 0 Å². The number of nitrogens with two attached hydrogens (primary N) is 4. The molecule has 0 atom stereocenters. The number of rotatable bonds is 12. The molecule has 16 aromatic heterocycles. The summed E-state index contributed by atoms with van der Waals surface area (Å²) in [5, 5.41) is 55.7. The zero-order chi connectivity index (χ0) is 96.9. The van der Waals surface area contributed by atoms with Gasteiger partial charge in [0.1, 0.15) is 72.0 Å². The fourth-order valence-electron chi connectivity index (χ4n) is 20.7. The molecule has 8 aliphatic heterocycles. The number of carbonyl (C=O) groups excluding carboxylic acids is 3. The zero-order valence-corrected chi connectivity index (χ0v) is 79.8. The maximum atomic E-state index is 12.5. The van der Waals surface area contributed by atoms with Gasteiger partial charge in [0.15, 0.2) is 23.3 Å². The van der Waals surface area contributed by atoms with Crippen molar-refractivity contribution in [3.63, 3.8) is 0 Å². The molecule has 0 bridgehead atoms. The van der Waals surface area contributed by atoms with E-state index >= 15 is 0 Å². The standard InChI is InChI=1S/C27H29N9O.C26H26N10.C26H28N8O.C24H25N9O/c1-15-17(11-30-19-4-3-7-29-25(15)19)20-8-16-9-22(31-12-18(16)26(28)32-20)33-23-10-21-27(5-6-27)14-35(2)24(37)13-36(21)34-23;1-15-18(12-30-20-3-2-5-29-25(15)20)21-9-16-10-22(31-13-19(16)26(27)32-21)33-23-11-17-4-7-35-8-6-28-24(35)14-36(17)34-23;1-15-19(6-5-16-4-3-8-28-25(15)16)21-10-17-11-22(29-13-20(17)26(27)30-21)31-23-12-18-7-9-33(2)24(35)14-34(18)32-23;1-13-16(10-28-18-3-2-5-27-23(13)18)19-7-14-8-20(29-11-17(14)24(25)30-19)31-21-9-15-4-6-26-22(34)12-33(15)32-21/h8-12,29H,3-7,13-14H2,1-2H3,(H2,28,32)(H,31,33,34);6,8-13,29H,2-5,7,14H2,1H3,(H2,27,32)(H,31,33,34);5-6,10-13,28H,3-4,7-9,14H2,1-2H3,(H2,27,30)(H,29,31,32);7-11,27H,2-6,12H2,1H3,(H2,25,30)(H,26,34)(H,29,31,32). The van der Waals surface area contributed by atoms with Gasteiger partial charge in [0.05, 0.1) is 63.5 Å². The maximum absolute atomic E-state index is 12.5. The lowest BCUT2D eigenvalue weighted by atomic mass is 9.94. The molecule has 718 valence electrons. The highest BCUT2D eigenvalue weighted by Gasteiger charge is 2.50. The van der Waals surface area contributed by atoms with Crippen LogP contribution in [0.5, 0.6) is 0 Å². The van der Waals surface area contributed by atoms with Crippen molar-refractivity contribution in [2.24, 2.45) is 0 Å². The van der Waals surface area contributed by atoms with Crippen molar-refractivity contribution in [3.05, 3.63) is 214 Å². The lowest BCUT2D eigenvalue weighted by Gasteiger charge is -2.22. The smallest absolute Gasteiger partial charge is 0.244 e. The molecule has 0 radical (unpaired) electrons. The number of nitrogen functional groups attached to an aromatic ring is 4. The van der Waals surface area contributed by atoms with Crippen LogP contribution in [0, 0.1) is 27.7 Å². The molecular formula is C103H108N36O3. The van der Waals surface area contributed by atoms with Crippen molar-refractivity contribution in [1.82, 2.24) is 119 Å². The van der Waals surface area contributed by atoms with Crippen LogP contribution in [0.3, 0.4) is 0 Å². The van der Waals surface area contributed by atoms with E-state index in [4.69, 9.17) is 48.1 Å². The summed E-state index contributed by atoms with van der Waals surface area (Å²) in [4.78, 5) is 95.5. The van der Waals surface area contributed by atoms with E-state index in [0.717, 1.165) is 290 Å². The number of hydrogen-bond acceptors (Lipinski definition) is 31. The van der Waals surface area contributed by atoms with E-state index in [2.05, 4.69) is 172 Å². The summed E-state index contributed by atoms with van der Waals surface area (Å²) in [7, 11) is 3.70. The molecule has 1 aliphatic carbocycles. The second-order valence-electron chi connectivity index (χ2n) is 38.1. The molecule has 0 saturated heterocycles. The van der Waals surface area contributed by atoms with Crippen LogP contribution in [0.15, 0.2) is 141 Å². The molecule has 17 aromatic rings. The number of aryl methyl sites for hydroxylation is 6. The van der Waals surface area contributed by atoms with E-state index in [-0.39, 0.29) is 42.8 Å². The molecule has 17 N–H and O–H groups in total. The molecule has 1 fully saturated rings. The number of benzene rings is 1. The summed E-state index contributed by atoms with van der Waals surface area (Å²) < 4.78 is 9.53. The van der Waals surface area contributed by atoms with Crippen LogP contribution in [0.1, 0.15) is 112 Å². The normalized spacial score (nSPS) is 15.7. The molecular weight excluding hydrogens is 1790 g/mol. The Morgan fingerprint density at radius 1 is 0.359 bits per heavy atom. The molecule has 142 heavy (non-hydrogen) atoms. The van der Waals surface area contributed by atoms with Crippen molar-refractivity contribution in [3.8, 4) is 45.0 Å². The summed E-state index contributed by atoms with van der Waals surface area (Å²) in [5.41, 5.74) is 50.8. The van der Waals surface area contributed by atoms with Gasteiger partial charge in [0.25, 0.3) is 0 Å². The monoisotopic (exact) mass is 1900 g/mol. The van der Waals surface area contributed by atoms with Gasteiger partial charge in [-0.3, -0.25) is 48.1 Å². The first kappa shape index (κ1) is 88.9. The molecule has 0 unspecified atom stereocenters. The molecule has 1 saturated carbocycles. The van der Waals surface area contributed by atoms with Crippen LogP contribution in [-0.4, -0.2) is 191 Å². The molecule has 39 heteroatoms. The zero-order valence-electron chi connectivity index (χ0n) is 79.8. The number of pyridine rings is 11. The summed E-state index contributed by atoms with van der Waals surface area (Å²) in [5.74, 6) is 8.35. The predicted octanol–water partition coefficient (Wildman–Crippen LogP) is 13.1. The first-order valence-corrected chi connectivity index (χ1v) is 48.4. The van der Waals surface area contributed by atoms with Crippen molar-refractivity contribution in [2.75, 3.05) is 125 Å². The van der Waals surface area contributed by atoms with Crippen molar-refractivity contribution in [2.45, 2.75) is 149 Å². The molecule has 9 aliphatic rings. The number of amides is 3. The van der Waals surface area contributed by atoms with E-state index in [1.165, 1.54) is 22.5 Å². The van der Waals surface area contributed by atoms with Crippen molar-refractivity contribution < 1.29 is 14.4 Å². The van der Waals surface area contributed by atoms with Gasteiger partial charge in [-0.2, -0.15) is 20.4 Å². The molecule has 1 spiro atoms. The summed E-state index contributed by atoms with van der Waals surface area (Å²) in [6.07, 6.45) is 29.6. The summed E-state index contributed by atoms with van der Waals surface area (Å²) in [6, 6.07) is 28.4. The largest absolute Gasteiger partial charge is 0.385 e. The number of likely N-dealkylation sites (N-methyl/N-ethyl adjacent to an activating group) is 2. The highest BCUT2D eigenvalue weighted by Crippen LogP contribution is 2.51. The Hall–Kier alpha value is -17.0. The molecule has 1 aromatic carbocycles. The van der Waals surface area contributed by atoms with Crippen molar-refractivity contribution >= 4 is 153 Å². The number of fused-ring (bicyclic) bond motifs is 14. The average Bonchev–Trinajstić information content (AvgIpc) is 1.57. The fourth-order valence-corrected chi connectivity index (χ4v) is 20.7. The van der Waals surface area contributed by atoms with Crippen LogP contribution >= 0.6 is 0 Å². The van der Waals surface area contributed by atoms with Gasteiger partial charge in [0.2, 0.25) is 17.7 Å². The number of aromatic nitrogens is 21. The second-order valence-corrected chi connectivity index (χ2v) is 38.1. The van der Waals surface area contributed by atoms with E-state index in [9.17, 15) is 14.4 Å². The minimum absolute atomic E-state index is 0.0231. The number of nitrogens with zero attached hydrogens (tertiary/aromatic N) is 23. The Balaban J connectivity index is 0.000000105. The van der Waals surface area contributed by atoms with Gasteiger partial charge >= 0.3 is 0 Å². The molecule has 24 heterocycles. The minimum Gasteiger partial charge on any atom is -0.385 e. The van der Waals surface area contributed by atoms with Gasteiger partial charge in [0, 0.05) is 243 Å². The van der Waals surface area contributed by atoms with Crippen LogP contribution < -0.4 is 70.8 Å². The van der Waals surface area contributed by atoms with E-state index in [1.54, 1.807) is 39.1 Å². The highest BCUT2D eigenvalue weighted by atomic mass is 16.2. The topological polar surface area (TPSA) is 501 Å². The van der Waals surface area contributed by atoms with Crippen LogP contribution in [-0.2, 0) is 97.5 Å². The number of anilines is 16. The Morgan fingerprint density at radius 2 is 0.754 bits per heavy atom. The van der Waals surface area contributed by atoms with E-state index in [0.29, 0.717) is 83.6 Å². The van der Waals surface area contributed by atoms with Crippen LogP contribution in [0.25, 0.3) is 88.1 Å². The van der Waals surface area contributed by atoms with Crippen LogP contribution in [0.4, 0.5) is 92.6 Å². The van der Waals surface area contributed by atoms with Gasteiger partial charge in [-0.05, 0) is 190 Å². The summed E-state index contributed by atoms with van der Waals surface area (Å²) in [6.45, 7) is 16.6. The third kappa shape index (κ3) is 17.3. The number of carbonyl (C=O) groups is 3. The Kier molecular flexibility index (Phi) is 22.8. The number of imidazole rings is 1. The number of nitrogens with one attached hydrogen (secondary N) is 9. The van der Waals surface area contributed by atoms with Crippen LogP contribution in [0.2, 0.25) is 0 Å². The van der Waals surface area contributed by atoms with Gasteiger partial charge in [-0.1, -0.05) is 12.1 Å². The minimum atomic E-state index is -0.0325. The third-order valence-electron chi connectivity index (χ3n) is 28.6. The first-order chi connectivity index (χ1) is 69.0. The quantitative estimate of drug-likeness (QED) is 0.0540. The number of hydrogen-bond donors (Lipinski definition) is 13. The molecule has 26 rings (SSSR count). The Bertz CT molecular complexity index is 7980. The maximum Gasteiger partial charge on any atom is 0.244 e. The lowest BCUT2D eigenvalue weighted by molar-refractivity contribution is -0.131. The molecule has 3 amide bonds. The lowest BCUT2D eigenvalue weighted by Crippen LogP contribution is -2.32. The second kappa shape index (κ2) is 36.4. The third-order valence-corrected chi connectivity index (χ3v) is 28.6. The van der Waals surface area contributed by atoms with Gasteiger partial charge in [-0.25, -0.2) is 44.9 Å². The average molecular weight is 1900 g/mol. The van der Waals surface area contributed by atoms with Gasteiger partial charge in [-0.15, -0.1) is 0 Å². The SMILES string of the molecule is Cc1c(-c2cc3cc(Nc4cc5n(n4)CC(=O)N(C)CC5)ncc3c(N)n2)ccc2c1NCCC2.Cc1c(-c2cc3cc(Nc4cc5n(n4)CC(=O)N(C)CC54CC4)ncc3c(N)n2)cnc2c1NCCC2.Cc1c(-c2cc3cc(Nc4cc5n(n4)CC(=O)NCC5)ncc3c(N)n2)cnc2c1NCCC2.Cc1c(-c2cc3cc(Nc4cc5n(n4)Cc4nccn4CC5)ncc3c(N)n2)cnc2c1NCCC2. The van der Waals surface area contributed by atoms with E-state index in [1.807, 2.05) is 108 Å². The highest BCUT2D eigenvalue weighted by molar-refractivity contribution is 6.00. The fraction of sp³-hybridized carbons (Fsp3) is 0.311.